The molecule has 1 aliphatic carbocycles. The minimum atomic E-state index is -0.331. The van der Waals surface area contributed by atoms with Crippen molar-refractivity contribution in [3.05, 3.63) is 0 Å². The number of carbonyl (C=O) groups is 1. The molecule has 2 heteroatoms. The van der Waals surface area contributed by atoms with E-state index in [1.165, 1.54) is 12.8 Å². The number of nitriles is 1. The molecule has 0 N–H and O–H groups in total. The van der Waals surface area contributed by atoms with Gasteiger partial charge in [0.2, 0.25) is 0 Å². The summed E-state index contributed by atoms with van der Waals surface area (Å²) in [6.45, 7) is 0. The quantitative estimate of drug-likeness (QED) is 0.541. The maximum atomic E-state index is 10.3. The van der Waals surface area contributed by atoms with Crippen LogP contribution < -0.4 is 0 Å². The van der Waals surface area contributed by atoms with Crippen molar-refractivity contribution in [3.8, 4) is 6.07 Å². The van der Waals surface area contributed by atoms with Gasteiger partial charge < -0.3 is 4.79 Å². The smallest absolute Gasteiger partial charge is 0.137 e. The molecule has 2 nitrogen and oxygen atoms in total. The van der Waals surface area contributed by atoms with Crippen molar-refractivity contribution in [1.82, 2.24) is 0 Å². The van der Waals surface area contributed by atoms with E-state index in [-0.39, 0.29) is 5.92 Å². The number of rotatable bonds is 2. The second kappa shape index (κ2) is 3.36. The van der Waals surface area contributed by atoms with Gasteiger partial charge in [-0.2, -0.15) is 5.26 Å². The molecule has 0 unspecified atom stereocenters. The second-order valence-electron chi connectivity index (χ2n) is 2.84. The van der Waals surface area contributed by atoms with Crippen molar-refractivity contribution in [2.24, 2.45) is 11.8 Å². The fourth-order valence-electron chi connectivity index (χ4n) is 1.56. The molecule has 0 aromatic carbocycles. The molecule has 1 atom stereocenters. The molecule has 0 radical (unpaired) electrons. The Morgan fingerprint density at radius 1 is 1.50 bits per heavy atom. The molecule has 0 bridgehead atoms. The van der Waals surface area contributed by atoms with Gasteiger partial charge in [0.25, 0.3) is 0 Å². The molecule has 0 aliphatic heterocycles. The monoisotopic (exact) mass is 137 g/mol. The Labute approximate surface area is 60.8 Å². The number of carbonyl (C=O) groups excluding carboxylic acids is 1. The van der Waals surface area contributed by atoms with Gasteiger partial charge in [0.05, 0.1) is 6.07 Å². The van der Waals surface area contributed by atoms with Crippen LogP contribution in [0.25, 0.3) is 0 Å². The lowest BCUT2D eigenvalue weighted by Crippen LogP contribution is -2.10. The minimum Gasteiger partial charge on any atom is -0.302 e. The van der Waals surface area contributed by atoms with Crippen LogP contribution in [0.1, 0.15) is 25.7 Å². The van der Waals surface area contributed by atoms with Crippen LogP contribution in [0.2, 0.25) is 0 Å². The average molecular weight is 137 g/mol. The van der Waals surface area contributed by atoms with Gasteiger partial charge in [-0.25, -0.2) is 0 Å². The highest BCUT2D eigenvalue weighted by atomic mass is 16.1. The third-order valence-corrected chi connectivity index (χ3v) is 2.20. The Kier molecular flexibility index (Phi) is 2.44. The van der Waals surface area contributed by atoms with Crippen LogP contribution in [0.4, 0.5) is 0 Å². The Bertz CT molecular complexity index is 153. The van der Waals surface area contributed by atoms with E-state index in [2.05, 4.69) is 0 Å². The van der Waals surface area contributed by atoms with E-state index in [0.717, 1.165) is 19.1 Å². The standard InChI is InChI=1S/C8H11NO/c9-5-8(6-10)7-3-1-2-4-7/h6-8H,1-4H2/t8-/m1/s1. The average Bonchev–Trinajstić information content (AvgIpc) is 2.43. The van der Waals surface area contributed by atoms with Crippen LogP contribution in [-0.4, -0.2) is 6.29 Å². The molecule has 54 valence electrons. The highest BCUT2D eigenvalue weighted by Crippen LogP contribution is 2.29. The first-order chi connectivity index (χ1) is 4.88. The molecule has 0 saturated heterocycles. The topological polar surface area (TPSA) is 40.9 Å². The summed E-state index contributed by atoms with van der Waals surface area (Å²) in [5.41, 5.74) is 0. The van der Waals surface area contributed by atoms with Gasteiger partial charge in [-0.05, 0) is 18.8 Å². The van der Waals surface area contributed by atoms with Crippen LogP contribution in [0.3, 0.4) is 0 Å². The summed E-state index contributed by atoms with van der Waals surface area (Å²) in [5, 5.41) is 8.51. The summed E-state index contributed by atoms with van der Waals surface area (Å²) in [5.74, 6) is 0.0324. The Balaban J connectivity index is 2.46. The molecule has 10 heavy (non-hydrogen) atoms. The van der Waals surface area contributed by atoms with E-state index >= 15 is 0 Å². The van der Waals surface area contributed by atoms with Crippen molar-refractivity contribution in [3.63, 3.8) is 0 Å². The largest absolute Gasteiger partial charge is 0.302 e. The van der Waals surface area contributed by atoms with E-state index in [1.54, 1.807) is 0 Å². The fraction of sp³-hybridized carbons (Fsp3) is 0.750. The molecule has 0 aromatic rings. The zero-order chi connectivity index (χ0) is 7.40. The Morgan fingerprint density at radius 2 is 2.10 bits per heavy atom. The molecule has 1 saturated carbocycles. The highest BCUT2D eigenvalue weighted by molar-refractivity contribution is 5.58. The minimum absolute atomic E-state index is 0.331. The van der Waals surface area contributed by atoms with E-state index in [0.29, 0.717) is 5.92 Å². The van der Waals surface area contributed by atoms with Crippen LogP contribution in [0.15, 0.2) is 0 Å². The Morgan fingerprint density at radius 3 is 2.50 bits per heavy atom. The SMILES string of the molecule is N#C[C@H](C=O)C1CCCC1. The van der Waals surface area contributed by atoms with Crippen molar-refractivity contribution >= 4 is 6.29 Å². The fourth-order valence-corrected chi connectivity index (χ4v) is 1.56. The zero-order valence-corrected chi connectivity index (χ0v) is 5.92. The van der Waals surface area contributed by atoms with Crippen LogP contribution in [0.5, 0.6) is 0 Å². The lowest BCUT2D eigenvalue weighted by molar-refractivity contribution is -0.110. The van der Waals surface area contributed by atoms with Crippen LogP contribution in [0, 0.1) is 23.2 Å². The lowest BCUT2D eigenvalue weighted by atomic mass is 9.94. The predicted octanol–water partition coefficient (Wildman–Crippen LogP) is 1.52. The number of hydrogen-bond donors (Lipinski definition) is 0. The molecule has 1 rings (SSSR count). The van der Waals surface area contributed by atoms with Crippen LogP contribution in [-0.2, 0) is 4.79 Å². The lowest BCUT2D eigenvalue weighted by Gasteiger charge is -2.07. The van der Waals surface area contributed by atoms with Gasteiger partial charge in [0, 0.05) is 0 Å². The predicted molar refractivity (Wildman–Crippen MR) is 37.1 cm³/mol. The van der Waals surface area contributed by atoms with E-state index < -0.39 is 0 Å². The summed E-state index contributed by atoms with van der Waals surface area (Å²) >= 11 is 0. The van der Waals surface area contributed by atoms with Gasteiger partial charge in [0.1, 0.15) is 12.2 Å². The van der Waals surface area contributed by atoms with Crippen LogP contribution >= 0.6 is 0 Å². The second-order valence-corrected chi connectivity index (χ2v) is 2.84. The molecule has 0 aromatic heterocycles. The van der Waals surface area contributed by atoms with E-state index in [1.807, 2.05) is 6.07 Å². The third kappa shape index (κ3) is 1.36. The first-order valence-corrected chi connectivity index (χ1v) is 3.73. The zero-order valence-electron chi connectivity index (χ0n) is 5.92. The van der Waals surface area contributed by atoms with Gasteiger partial charge in [-0.1, -0.05) is 12.8 Å². The summed E-state index contributed by atoms with van der Waals surface area (Å²) in [7, 11) is 0. The summed E-state index contributed by atoms with van der Waals surface area (Å²) < 4.78 is 0. The van der Waals surface area contributed by atoms with Gasteiger partial charge in [0.15, 0.2) is 0 Å². The van der Waals surface area contributed by atoms with E-state index in [4.69, 9.17) is 5.26 Å². The summed E-state index contributed by atoms with van der Waals surface area (Å²) in [6, 6.07) is 2.03. The molecular weight excluding hydrogens is 126 g/mol. The number of aldehydes is 1. The van der Waals surface area contributed by atoms with E-state index in [9.17, 15) is 4.79 Å². The van der Waals surface area contributed by atoms with Gasteiger partial charge in [-0.15, -0.1) is 0 Å². The molecule has 1 aliphatic rings. The Hall–Kier alpha value is -0.840. The summed E-state index contributed by atoms with van der Waals surface area (Å²) in [6.07, 6.45) is 5.30. The molecular formula is C8H11NO. The molecule has 0 heterocycles. The van der Waals surface area contributed by atoms with Gasteiger partial charge in [-0.3, -0.25) is 0 Å². The van der Waals surface area contributed by atoms with Crippen molar-refractivity contribution in [2.75, 3.05) is 0 Å². The van der Waals surface area contributed by atoms with Crippen molar-refractivity contribution in [1.29, 1.82) is 5.26 Å². The molecule has 0 amide bonds. The maximum Gasteiger partial charge on any atom is 0.137 e. The highest BCUT2D eigenvalue weighted by Gasteiger charge is 2.23. The molecule has 1 fully saturated rings. The number of nitrogens with zero attached hydrogens (tertiary/aromatic N) is 1. The normalized spacial score (nSPS) is 21.9. The maximum absolute atomic E-state index is 10.3. The number of hydrogen-bond acceptors (Lipinski definition) is 2. The third-order valence-electron chi connectivity index (χ3n) is 2.20. The molecule has 0 spiro atoms. The van der Waals surface area contributed by atoms with Gasteiger partial charge >= 0.3 is 0 Å². The van der Waals surface area contributed by atoms with Crippen molar-refractivity contribution < 1.29 is 4.79 Å². The van der Waals surface area contributed by atoms with Crippen molar-refractivity contribution in [2.45, 2.75) is 25.7 Å². The first kappa shape index (κ1) is 7.27. The summed E-state index contributed by atoms with van der Waals surface area (Å²) in [4.78, 5) is 10.3. The first-order valence-electron chi connectivity index (χ1n) is 3.73.